The lowest BCUT2D eigenvalue weighted by molar-refractivity contribution is 0.0946. The van der Waals surface area contributed by atoms with Crippen LogP contribution >= 0.6 is 23.2 Å². The summed E-state index contributed by atoms with van der Waals surface area (Å²) in [6, 6.07) is 2.46. The van der Waals surface area contributed by atoms with Gasteiger partial charge in [0, 0.05) is 12.1 Å². The summed E-state index contributed by atoms with van der Waals surface area (Å²) in [5, 5.41) is 7.59. The summed E-state index contributed by atoms with van der Waals surface area (Å²) < 4.78 is 22.8. The van der Waals surface area contributed by atoms with Crippen molar-refractivity contribution in [3.63, 3.8) is 0 Å². The molecule has 1 amide bonds. The lowest BCUT2D eigenvalue weighted by atomic mass is 10.1. The number of amides is 1. The van der Waals surface area contributed by atoms with Crippen LogP contribution in [0.25, 0.3) is 0 Å². The molecule has 1 aromatic carbocycles. The Balaban J connectivity index is 2.28. The molecule has 0 bridgehead atoms. The number of halogens is 2. The van der Waals surface area contributed by atoms with Gasteiger partial charge in [0.25, 0.3) is 5.91 Å². The zero-order valence-corrected chi connectivity index (χ0v) is 13.1. The first kappa shape index (κ1) is 15.6. The maximum atomic E-state index is 12.0. The van der Waals surface area contributed by atoms with Crippen LogP contribution in [0.15, 0.2) is 17.0 Å². The van der Waals surface area contributed by atoms with Gasteiger partial charge in [-0.3, -0.25) is 4.79 Å². The molecule has 0 radical (unpaired) electrons. The number of nitrogens with two attached hydrogens (primary N) is 1. The molecule has 20 heavy (non-hydrogen) atoms. The van der Waals surface area contributed by atoms with E-state index in [9.17, 15) is 13.2 Å². The van der Waals surface area contributed by atoms with Gasteiger partial charge in [-0.1, -0.05) is 30.1 Å². The predicted octanol–water partition coefficient (Wildman–Crippen LogP) is 2.17. The maximum Gasteiger partial charge on any atom is 0.251 e. The fourth-order valence-corrected chi connectivity index (χ4v) is 3.05. The van der Waals surface area contributed by atoms with Gasteiger partial charge in [0.2, 0.25) is 10.0 Å². The molecule has 3 N–H and O–H groups in total. The van der Waals surface area contributed by atoms with Crippen molar-refractivity contribution < 1.29 is 13.2 Å². The van der Waals surface area contributed by atoms with Gasteiger partial charge in [-0.05, 0) is 30.4 Å². The van der Waals surface area contributed by atoms with Crippen LogP contribution in [0.1, 0.15) is 30.1 Å². The quantitative estimate of drug-likeness (QED) is 0.882. The van der Waals surface area contributed by atoms with Crippen molar-refractivity contribution in [3.05, 3.63) is 27.7 Å². The molecule has 0 aliphatic heterocycles. The molecule has 0 heterocycles. The number of hydrogen-bond acceptors (Lipinski definition) is 3. The molecule has 0 atom stereocenters. The topological polar surface area (TPSA) is 89.3 Å². The van der Waals surface area contributed by atoms with Gasteiger partial charge in [-0.25, -0.2) is 13.6 Å². The third kappa shape index (κ3) is 3.44. The third-order valence-electron chi connectivity index (χ3n) is 3.34. The zero-order valence-electron chi connectivity index (χ0n) is 10.7. The minimum Gasteiger partial charge on any atom is -0.351 e. The molecular formula is C12H14Cl2N2O3S. The molecule has 1 aliphatic carbocycles. The third-order valence-corrected chi connectivity index (χ3v) is 5.19. The first-order chi connectivity index (χ1) is 9.12. The number of primary sulfonamides is 1. The SMILES string of the molecule is CC1(CNC(=O)c2cc(Cl)c(Cl)c(S(N)(=O)=O)c2)CC1. The van der Waals surface area contributed by atoms with Crippen LogP contribution in [0.2, 0.25) is 10.0 Å². The zero-order chi connectivity index (χ0) is 15.1. The van der Waals surface area contributed by atoms with E-state index >= 15 is 0 Å². The van der Waals surface area contributed by atoms with Gasteiger partial charge in [0.05, 0.1) is 10.0 Å². The second-order valence-corrected chi connectivity index (χ2v) is 7.62. The predicted molar refractivity (Wildman–Crippen MR) is 77.5 cm³/mol. The van der Waals surface area contributed by atoms with E-state index in [-0.39, 0.29) is 25.9 Å². The lowest BCUT2D eigenvalue weighted by Crippen LogP contribution is -2.29. The number of carbonyl (C=O) groups excluding carboxylic acids is 1. The Morgan fingerprint density at radius 3 is 2.50 bits per heavy atom. The largest absolute Gasteiger partial charge is 0.351 e. The van der Waals surface area contributed by atoms with Gasteiger partial charge >= 0.3 is 0 Å². The van der Waals surface area contributed by atoms with Crippen molar-refractivity contribution in [1.29, 1.82) is 0 Å². The molecular weight excluding hydrogens is 323 g/mol. The molecule has 5 nitrogen and oxygen atoms in total. The van der Waals surface area contributed by atoms with E-state index in [1.165, 1.54) is 6.07 Å². The molecule has 110 valence electrons. The Labute approximate surface area is 127 Å². The fraction of sp³-hybridized carbons (Fsp3) is 0.417. The van der Waals surface area contributed by atoms with E-state index < -0.39 is 15.9 Å². The van der Waals surface area contributed by atoms with E-state index in [2.05, 4.69) is 12.2 Å². The Kier molecular flexibility index (Phi) is 4.03. The van der Waals surface area contributed by atoms with Crippen LogP contribution in [0.5, 0.6) is 0 Å². The highest BCUT2D eigenvalue weighted by Crippen LogP contribution is 2.44. The van der Waals surface area contributed by atoms with Crippen LogP contribution in [0.3, 0.4) is 0 Å². The highest BCUT2D eigenvalue weighted by atomic mass is 35.5. The smallest absolute Gasteiger partial charge is 0.251 e. The Morgan fingerprint density at radius 1 is 1.40 bits per heavy atom. The summed E-state index contributed by atoms with van der Waals surface area (Å²) in [6.45, 7) is 2.61. The Hall–Kier alpha value is -0.820. The first-order valence-electron chi connectivity index (χ1n) is 5.92. The van der Waals surface area contributed by atoms with Crippen molar-refractivity contribution in [2.75, 3.05) is 6.54 Å². The number of rotatable bonds is 4. The summed E-state index contributed by atoms with van der Waals surface area (Å²) >= 11 is 11.6. The molecule has 1 aliphatic rings. The second kappa shape index (κ2) is 5.18. The van der Waals surface area contributed by atoms with E-state index in [0.717, 1.165) is 18.9 Å². The highest BCUT2D eigenvalue weighted by Gasteiger charge is 2.37. The molecule has 0 spiro atoms. The molecule has 0 unspecified atom stereocenters. The van der Waals surface area contributed by atoms with Crippen molar-refractivity contribution in [2.24, 2.45) is 10.6 Å². The van der Waals surface area contributed by atoms with E-state index in [4.69, 9.17) is 28.3 Å². The van der Waals surface area contributed by atoms with Gasteiger partial charge in [-0.2, -0.15) is 0 Å². The Morgan fingerprint density at radius 2 is 2.00 bits per heavy atom. The fourth-order valence-electron chi connectivity index (χ4n) is 1.69. The summed E-state index contributed by atoms with van der Waals surface area (Å²) in [7, 11) is -4.04. The monoisotopic (exact) mass is 336 g/mol. The maximum absolute atomic E-state index is 12.0. The molecule has 8 heteroatoms. The van der Waals surface area contributed by atoms with Crippen molar-refractivity contribution in [3.8, 4) is 0 Å². The van der Waals surface area contributed by atoms with Gasteiger partial charge in [0.15, 0.2) is 0 Å². The first-order valence-corrected chi connectivity index (χ1v) is 8.23. The van der Waals surface area contributed by atoms with Crippen LogP contribution in [0.4, 0.5) is 0 Å². The number of sulfonamides is 1. The number of benzene rings is 1. The Bertz CT molecular complexity index is 670. The summed E-state index contributed by atoms with van der Waals surface area (Å²) in [4.78, 5) is 11.7. The van der Waals surface area contributed by atoms with Crippen molar-refractivity contribution >= 4 is 39.1 Å². The average Bonchev–Trinajstić information content (AvgIpc) is 3.06. The van der Waals surface area contributed by atoms with Crippen molar-refractivity contribution in [1.82, 2.24) is 5.32 Å². The molecule has 0 aromatic heterocycles. The number of carbonyl (C=O) groups is 1. The normalized spacial score (nSPS) is 16.8. The summed E-state index contributed by atoms with van der Waals surface area (Å²) in [5.74, 6) is -0.401. The molecule has 2 rings (SSSR count). The number of nitrogens with one attached hydrogen (secondary N) is 1. The van der Waals surface area contributed by atoms with E-state index in [0.29, 0.717) is 6.54 Å². The minimum absolute atomic E-state index is 0.0269. The molecule has 0 saturated heterocycles. The summed E-state index contributed by atoms with van der Waals surface area (Å²) in [5.41, 5.74) is 0.266. The van der Waals surface area contributed by atoms with Crippen molar-refractivity contribution in [2.45, 2.75) is 24.7 Å². The average molecular weight is 337 g/mol. The number of hydrogen-bond donors (Lipinski definition) is 2. The minimum atomic E-state index is -4.04. The van der Waals surface area contributed by atoms with Gasteiger partial charge < -0.3 is 5.32 Å². The van der Waals surface area contributed by atoms with Crippen LogP contribution < -0.4 is 10.5 Å². The van der Waals surface area contributed by atoms with E-state index in [1.807, 2.05) is 0 Å². The van der Waals surface area contributed by atoms with Gasteiger partial charge in [0.1, 0.15) is 4.90 Å². The highest BCUT2D eigenvalue weighted by molar-refractivity contribution is 7.89. The second-order valence-electron chi connectivity index (χ2n) is 5.31. The van der Waals surface area contributed by atoms with Crippen LogP contribution in [0, 0.1) is 5.41 Å². The van der Waals surface area contributed by atoms with Gasteiger partial charge in [-0.15, -0.1) is 0 Å². The van der Waals surface area contributed by atoms with Crippen LogP contribution in [-0.2, 0) is 10.0 Å². The summed E-state index contributed by atoms with van der Waals surface area (Å²) in [6.07, 6.45) is 2.13. The lowest BCUT2D eigenvalue weighted by Gasteiger charge is -2.12. The molecule has 1 fully saturated rings. The van der Waals surface area contributed by atoms with Crippen LogP contribution in [-0.4, -0.2) is 20.9 Å². The molecule has 1 aromatic rings. The molecule has 1 saturated carbocycles. The van der Waals surface area contributed by atoms with E-state index in [1.54, 1.807) is 0 Å². The standard InChI is InChI=1S/C12H14Cl2N2O3S/c1-12(2-3-12)6-16-11(17)7-4-8(13)10(14)9(5-7)20(15,18)19/h4-5H,2-3,6H2,1H3,(H,16,17)(H2,15,18,19).